The summed E-state index contributed by atoms with van der Waals surface area (Å²) in [7, 11) is 0. The molecule has 0 aliphatic heterocycles. The number of aromatic nitrogens is 3. The zero-order valence-electron chi connectivity index (χ0n) is 6.62. The maximum atomic E-state index is 5.44. The van der Waals surface area contributed by atoms with E-state index in [2.05, 4.69) is 15.2 Å². The average Bonchev–Trinajstić information content (AvgIpc) is 2.50. The lowest BCUT2D eigenvalue weighted by Crippen LogP contribution is -2.03. The van der Waals surface area contributed by atoms with Gasteiger partial charge in [-0.15, -0.1) is 0 Å². The number of nitrogens with two attached hydrogens (primary N) is 1. The second-order valence-corrected chi connectivity index (χ2v) is 2.61. The van der Waals surface area contributed by atoms with Crippen molar-refractivity contribution in [2.75, 3.05) is 6.54 Å². The molecule has 2 heterocycles. The molecule has 4 nitrogen and oxygen atoms in total. The molecule has 0 unspecified atom stereocenters. The van der Waals surface area contributed by atoms with Crippen molar-refractivity contribution in [2.45, 2.75) is 6.42 Å². The topological polar surface area (TPSA) is 67.6 Å². The van der Waals surface area contributed by atoms with Gasteiger partial charge in [0.2, 0.25) is 0 Å². The molecule has 0 bridgehead atoms. The molecule has 0 atom stereocenters. The number of hydrogen-bond donors (Lipinski definition) is 2. The molecule has 0 spiro atoms. The third kappa shape index (κ3) is 1.06. The molecule has 0 saturated heterocycles. The Kier molecular flexibility index (Phi) is 1.75. The minimum atomic E-state index is 0.619. The fourth-order valence-electron chi connectivity index (χ4n) is 1.22. The smallest absolute Gasteiger partial charge is 0.111 e. The molecule has 0 radical (unpaired) electrons. The molecule has 0 saturated carbocycles. The van der Waals surface area contributed by atoms with Crippen LogP contribution in [0.5, 0.6) is 0 Å². The van der Waals surface area contributed by atoms with Crippen LogP contribution in [0.2, 0.25) is 0 Å². The van der Waals surface area contributed by atoms with Crippen LogP contribution in [0.3, 0.4) is 0 Å². The van der Waals surface area contributed by atoms with Gasteiger partial charge in [0.05, 0.1) is 5.69 Å². The van der Waals surface area contributed by atoms with Gasteiger partial charge < -0.3 is 5.73 Å². The van der Waals surface area contributed by atoms with Gasteiger partial charge in [0, 0.05) is 12.6 Å². The molecule has 2 aromatic rings. The Morgan fingerprint density at radius 1 is 1.50 bits per heavy atom. The van der Waals surface area contributed by atoms with Crippen molar-refractivity contribution in [3.8, 4) is 0 Å². The molecule has 2 aromatic heterocycles. The zero-order valence-corrected chi connectivity index (χ0v) is 6.62. The van der Waals surface area contributed by atoms with E-state index in [1.165, 1.54) is 0 Å². The highest BCUT2D eigenvalue weighted by molar-refractivity contribution is 5.76. The summed E-state index contributed by atoms with van der Waals surface area (Å²) in [6.45, 7) is 0.619. The Balaban J connectivity index is 2.55. The van der Waals surface area contributed by atoms with E-state index >= 15 is 0 Å². The molecule has 62 valence electrons. The van der Waals surface area contributed by atoms with E-state index in [1.807, 2.05) is 12.1 Å². The number of fused-ring (bicyclic) bond motifs is 1. The maximum Gasteiger partial charge on any atom is 0.111 e. The van der Waals surface area contributed by atoms with Gasteiger partial charge in [-0.3, -0.25) is 10.1 Å². The van der Waals surface area contributed by atoms with Crippen LogP contribution in [0, 0.1) is 0 Å². The molecular weight excluding hydrogens is 152 g/mol. The summed E-state index contributed by atoms with van der Waals surface area (Å²) in [4.78, 5) is 4.21. The van der Waals surface area contributed by atoms with Crippen molar-refractivity contribution in [1.82, 2.24) is 15.2 Å². The molecule has 0 amide bonds. The lowest BCUT2D eigenvalue weighted by Gasteiger charge is -1.91. The van der Waals surface area contributed by atoms with Gasteiger partial charge in [-0.2, -0.15) is 5.10 Å². The normalized spacial score (nSPS) is 10.8. The number of pyridine rings is 1. The predicted molar refractivity (Wildman–Crippen MR) is 46.6 cm³/mol. The number of nitrogens with zero attached hydrogens (tertiary/aromatic N) is 2. The monoisotopic (exact) mass is 162 g/mol. The van der Waals surface area contributed by atoms with Gasteiger partial charge in [-0.1, -0.05) is 0 Å². The largest absolute Gasteiger partial charge is 0.330 e. The zero-order chi connectivity index (χ0) is 8.39. The maximum absolute atomic E-state index is 5.44. The van der Waals surface area contributed by atoms with E-state index in [0.717, 1.165) is 23.1 Å². The van der Waals surface area contributed by atoms with Crippen LogP contribution in [-0.2, 0) is 6.42 Å². The SMILES string of the molecule is NCCc1[nH]nc2cccnc12. The highest BCUT2D eigenvalue weighted by atomic mass is 15.1. The second-order valence-electron chi connectivity index (χ2n) is 2.61. The van der Waals surface area contributed by atoms with Gasteiger partial charge >= 0.3 is 0 Å². The van der Waals surface area contributed by atoms with E-state index in [1.54, 1.807) is 6.20 Å². The quantitative estimate of drug-likeness (QED) is 0.674. The third-order valence-corrected chi connectivity index (χ3v) is 1.78. The Labute approximate surface area is 69.8 Å². The molecule has 3 N–H and O–H groups in total. The number of hydrogen-bond acceptors (Lipinski definition) is 3. The van der Waals surface area contributed by atoms with E-state index in [-0.39, 0.29) is 0 Å². The summed E-state index contributed by atoms with van der Waals surface area (Å²) in [5.74, 6) is 0. The molecule has 4 heteroatoms. The first-order valence-corrected chi connectivity index (χ1v) is 3.90. The molecule has 0 fully saturated rings. The van der Waals surface area contributed by atoms with Crippen molar-refractivity contribution >= 4 is 11.0 Å². The first-order valence-electron chi connectivity index (χ1n) is 3.90. The summed E-state index contributed by atoms with van der Waals surface area (Å²) >= 11 is 0. The van der Waals surface area contributed by atoms with Crippen LogP contribution in [0.25, 0.3) is 11.0 Å². The van der Waals surface area contributed by atoms with Crippen molar-refractivity contribution < 1.29 is 0 Å². The number of rotatable bonds is 2. The summed E-state index contributed by atoms with van der Waals surface area (Å²) in [6.07, 6.45) is 2.56. The van der Waals surface area contributed by atoms with Gasteiger partial charge in [0.1, 0.15) is 11.0 Å². The second kappa shape index (κ2) is 2.91. The van der Waals surface area contributed by atoms with Crippen molar-refractivity contribution in [3.05, 3.63) is 24.0 Å². The molecular formula is C8H10N4. The summed E-state index contributed by atoms with van der Waals surface area (Å²) < 4.78 is 0. The first-order chi connectivity index (χ1) is 5.92. The summed E-state index contributed by atoms with van der Waals surface area (Å²) in [6, 6.07) is 3.80. The Bertz CT molecular complexity index is 379. The standard InChI is InChI=1S/C8H10N4/c9-4-3-7-8-6(11-12-7)2-1-5-10-8/h1-2,5H,3-4,9H2,(H,11,12). The molecule has 12 heavy (non-hydrogen) atoms. The number of aromatic amines is 1. The van der Waals surface area contributed by atoms with Crippen LogP contribution >= 0.6 is 0 Å². The van der Waals surface area contributed by atoms with E-state index in [0.29, 0.717) is 6.54 Å². The summed E-state index contributed by atoms with van der Waals surface area (Å²) in [5.41, 5.74) is 8.29. The summed E-state index contributed by atoms with van der Waals surface area (Å²) in [5, 5.41) is 7.02. The minimum absolute atomic E-state index is 0.619. The first kappa shape index (κ1) is 7.24. The van der Waals surface area contributed by atoms with Crippen molar-refractivity contribution in [1.29, 1.82) is 0 Å². The highest BCUT2D eigenvalue weighted by Crippen LogP contribution is 2.11. The van der Waals surface area contributed by atoms with Crippen molar-refractivity contribution in [3.63, 3.8) is 0 Å². The number of H-pyrrole nitrogens is 1. The molecule has 0 aliphatic carbocycles. The molecule has 2 rings (SSSR count). The van der Waals surface area contributed by atoms with Crippen LogP contribution in [0.4, 0.5) is 0 Å². The van der Waals surface area contributed by atoms with Gasteiger partial charge in [-0.05, 0) is 18.7 Å². The van der Waals surface area contributed by atoms with E-state index < -0.39 is 0 Å². The van der Waals surface area contributed by atoms with Crippen LogP contribution in [0.15, 0.2) is 18.3 Å². The molecule has 0 aromatic carbocycles. The minimum Gasteiger partial charge on any atom is -0.330 e. The lowest BCUT2D eigenvalue weighted by atomic mass is 10.2. The van der Waals surface area contributed by atoms with E-state index in [9.17, 15) is 0 Å². The highest BCUT2D eigenvalue weighted by Gasteiger charge is 2.03. The predicted octanol–water partition coefficient (Wildman–Crippen LogP) is 0.459. The Morgan fingerprint density at radius 3 is 3.25 bits per heavy atom. The third-order valence-electron chi connectivity index (χ3n) is 1.78. The van der Waals surface area contributed by atoms with Gasteiger partial charge in [0.25, 0.3) is 0 Å². The lowest BCUT2D eigenvalue weighted by molar-refractivity contribution is 0.907. The van der Waals surface area contributed by atoms with E-state index in [4.69, 9.17) is 5.73 Å². The molecule has 0 aliphatic rings. The van der Waals surface area contributed by atoms with Crippen LogP contribution in [-0.4, -0.2) is 21.7 Å². The van der Waals surface area contributed by atoms with Gasteiger partial charge in [-0.25, -0.2) is 0 Å². The average molecular weight is 162 g/mol. The van der Waals surface area contributed by atoms with Crippen LogP contribution in [0.1, 0.15) is 5.69 Å². The van der Waals surface area contributed by atoms with Crippen LogP contribution < -0.4 is 5.73 Å². The van der Waals surface area contributed by atoms with Gasteiger partial charge in [0.15, 0.2) is 0 Å². The Morgan fingerprint density at radius 2 is 2.42 bits per heavy atom. The fraction of sp³-hybridized carbons (Fsp3) is 0.250. The Hall–Kier alpha value is -1.42. The van der Waals surface area contributed by atoms with Crippen molar-refractivity contribution in [2.24, 2.45) is 5.73 Å². The fourth-order valence-corrected chi connectivity index (χ4v) is 1.22. The number of nitrogens with one attached hydrogen (secondary N) is 1.